The van der Waals surface area contributed by atoms with Crippen LogP contribution in [0.15, 0.2) is 59.1 Å². The Bertz CT molecular complexity index is 630. The zero-order valence-electron chi connectivity index (χ0n) is 11.5. The minimum absolute atomic E-state index is 0.00952. The highest BCUT2D eigenvalue weighted by Crippen LogP contribution is 2.15. The van der Waals surface area contributed by atoms with E-state index in [1.807, 2.05) is 73.6 Å². The maximum atomic E-state index is 12.1. The molecule has 3 heteroatoms. The number of carbonyl (C=O) groups excluding carboxylic acids is 1. The number of allylic oxidation sites excluding steroid dienone is 1. The van der Waals surface area contributed by atoms with Gasteiger partial charge in [0.05, 0.1) is 0 Å². The van der Waals surface area contributed by atoms with Crippen LogP contribution in [-0.2, 0) is 0 Å². The van der Waals surface area contributed by atoms with Gasteiger partial charge in [-0.1, -0.05) is 34.1 Å². The van der Waals surface area contributed by atoms with Gasteiger partial charge >= 0.3 is 0 Å². The molecule has 0 unspecified atom stereocenters. The zero-order valence-corrected chi connectivity index (χ0v) is 13.1. The largest absolute Gasteiger partial charge is 0.378 e. The minimum atomic E-state index is 0.00952. The Hall–Kier alpha value is -1.87. The van der Waals surface area contributed by atoms with Gasteiger partial charge < -0.3 is 4.90 Å². The van der Waals surface area contributed by atoms with E-state index >= 15 is 0 Å². The molecule has 0 aliphatic rings. The zero-order chi connectivity index (χ0) is 14.5. The Labute approximate surface area is 127 Å². The van der Waals surface area contributed by atoms with Crippen molar-refractivity contribution in [1.82, 2.24) is 0 Å². The molecule has 102 valence electrons. The van der Waals surface area contributed by atoms with Crippen molar-refractivity contribution in [1.29, 1.82) is 0 Å². The summed E-state index contributed by atoms with van der Waals surface area (Å²) in [4.78, 5) is 14.1. The molecule has 0 atom stereocenters. The van der Waals surface area contributed by atoms with Crippen LogP contribution >= 0.6 is 15.9 Å². The molecule has 0 aliphatic heterocycles. The van der Waals surface area contributed by atoms with Gasteiger partial charge in [-0.3, -0.25) is 4.79 Å². The maximum Gasteiger partial charge on any atom is 0.185 e. The molecule has 0 aliphatic carbocycles. The number of carbonyl (C=O) groups is 1. The van der Waals surface area contributed by atoms with Crippen molar-refractivity contribution in [2.75, 3.05) is 19.0 Å². The lowest BCUT2D eigenvalue weighted by molar-refractivity contribution is 0.104. The number of halogens is 1. The molecule has 20 heavy (non-hydrogen) atoms. The fraction of sp³-hybridized carbons (Fsp3) is 0.118. The summed E-state index contributed by atoms with van der Waals surface area (Å²) in [6, 6.07) is 15.4. The first-order chi connectivity index (χ1) is 9.56. The normalized spacial score (nSPS) is 10.8. The lowest BCUT2D eigenvalue weighted by atomic mass is 10.1. The topological polar surface area (TPSA) is 20.3 Å². The molecule has 0 bridgehead atoms. The quantitative estimate of drug-likeness (QED) is 0.611. The van der Waals surface area contributed by atoms with Crippen LogP contribution in [0.25, 0.3) is 6.08 Å². The van der Waals surface area contributed by atoms with Crippen molar-refractivity contribution in [3.63, 3.8) is 0 Å². The molecule has 0 heterocycles. The van der Waals surface area contributed by atoms with Gasteiger partial charge in [-0.25, -0.2) is 0 Å². The highest BCUT2D eigenvalue weighted by molar-refractivity contribution is 9.10. The van der Waals surface area contributed by atoms with E-state index in [1.165, 1.54) is 0 Å². The molecule has 0 saturated carbocycles. The van der Waals surface area contributed by atoms with Crippen molar-refractivity contribution in [2.24, 2.45) is 0 Å². The molecule has 0 aromatic heterocycles. The second-order valence-corrected chi connectivity index (χ2v) is 5.61. The first-order valence-electron chi connectivity index (χ1n) is 6.31. The monoisotopic (exact) mass is 329 g/mol. The minimum Gasteiger partial charge on any atom is -0.378 e. The van der Waals surface area contributed by atoms with Crippen LogP contribution < -0.4 is 4.90 Å². The van der Waals surface area contributed by atoms with E-state index in [1.54, 1.807) is 6.08 Å². The third-order valence-electron chi connectivity index (χ3n) is 2.94. The fourth-order valence-corrected chi connectivity index (χ4v) is 2.22. The van der Waals surface area contributed by atoms with Gasteiger partial charge in [0.2, 0.25) is 0 Å². The van der Waals surface area contributed by atoms with E-state index in [9.17, 15) is 4.79 Å². The van der Waals surface area contributed by atoms with E-state index in [2.05, 4.69) is 15.9 Å². The standard InChI is InChI=1S/C17H16BrNO/c1-19(2)16-9-7-14(8-10-16)17(20)11-6-13-4-3-5-15(18)12-13/h3-12H,1-2H3. The molecule has 0 saturated heterocycles. The number of hydrogen-bond acceptors (Lipinski definition) is 2. The van der Waals surface area contributed by atoms with Gasteiger partial charge in [0.1, 0.15) is 0 Å². The molecule has 2 aromatic carbocycles. The van der Waals surface area contributed by atoms with Gasteiger partial charge in [-0.2, -0.15) is 0 Å². The molecule has 2 aromatic rings. The van der Waals surface area contributed by atoms with Crippen LogP contribution in [-0.4, -0.2) is 19.9 Å². The van der Waals surface area contributed by atoms with Crippen LogP contribution in [0.3, 0.4) is 0 Å². The molecule has 0 spiro atoms. The van der Waals surface area contributed by atoms with Crippen molar-refractivity contribution in [2.45, 2.75) is 0 Å². The highest BCUT2D eigenvalue weighted by atomic mass is 79.9. The molecule has 0 radical (unpaired) electrons. The molecular formula is C17H16BrNO. The van der Waals surface area contributed by atoms with Crippen molar-refractivity contribution in [3.8, 4) is 0 Å². The van der Waals surface area contributed by atoms with Gasteiger partial charge in [0.25, 0.3) is 0 Å². The molecule has 2 rings (SSSR count). The van der Waals surface area contributed by atoms with Gasteiger partial charge in [0, 0.05) is 29.8 Å². The Morgan fingerprint density at radius 1 is 1.10 bits per heavy atom. The lowest BCUT2D eigenvalue weighted by Crippen LogP contribution is -2.08. The predicted molar refractivity (Wildman–Crippen MR) is 88.3 cm³/mol. The number of rotatable bonds is 4. The summed E-state index contributed by atoms with van der Waals surface area (Å²) >= 11 is 3.41. The maximum absolute atomic E-state index is 12.1. The number of benzene rings is 2. The second-order valence-electron chi connectivity index (χ2n) is 4.69. The number of anilines is 1. The third-order valence-corrected chi connectivity index (χ3v) is 3.44. The van der Waals surface area contributed by atoms with Crippen LogP contribution in [0, 0.1) is 0 Å². The average molecular weight is 330 g/mol. The molecule has 0 amide bonds. The van der Waals surface area contributed by atoms with Crippen LogP contribution in [0.2, 0.25) is 0 Å². The van der Waals surface area contributed by atoms with Crippen molar-refractivity contribution in [3.05, 3.63) is 70.2 Å². The Kier molecular flexibility index (Phi) is 4.74. The van der Waals surface area contributed by atoms with E-state index in [4.69, 9.17) is 0 Å². The number of ketones is 1. The summed E-state index contributed by atoms with van der Waals surface area (Å²) in [6.07, 6.45) is 3.43. The summed E-state index contributed by atoms with van der Waals surface area (Å²) in [5, 5.41) is 0. The predicted octanol–water partition coefficient (Wildman–Crippen LogP) is 4.41. The third kappa shape index (κ3) is 3.81. The summed E-state index contributed by atoms with van der Waals surface area (Å²) < 4.78 is 1.00. The first kappa shape index (κ1) is 14.5. The number of nitrogens with zero attached hydrogens (tertiary/aromatic N) is 1. The van der Waals surface area contributed by atoms with Crippen LogP contribution in [0.1, 0.15) is 15.9 Å². The summed E-state index contributed by atoms with van der Waals surface area (Å²) in [5.41, 5.74) is 2.78. The Morgan fingerprint density at radius 2 is 1.80 bits per heavy atom. The molecule has 0 fully saturated rings. The van der Waals surface area contributed by atoms with Gasteiger partial charge in [-0.15, -0.1) is 0 Å². The van der Waals surface area contributed by atoms with Crippen molar-refractivity contribution < 1.29 is 4.79 Å². The molecule has 2 nitrogen and oxygen atoms in total. The van der Waals surface area contributed by atoms with E-state index in [-0.39, 0.29) is 5.78 Å². The average Bonchev–Trinajstić information content (AvgIpc) is 2.45. The smallest absolute Gasteiger partial charge is 0.185 e. The summed E-state index contributed by atoms with van der Waals surface area (Å²) in [7, 11) is 3.95. The SMILES string of the molecule is CN(C)c1ccc(C(=O)C=Cc2cccc(Br)c2)cc1. The van der Waals surface area contributed by atoms with E-state index in [0.717, 1.165) is 15.7 Å². The summed E-state index contributed by atoms with van der Waals surface area (Å²) in [5.74, 6) is 0.00952. The summed E-state index contributed by atoms with van der Waals surface area (Å²) in [6.45, 7) is 0. The fourth-order valence-electron chi connectivity index (χ4n) is 1.80. The molecule has 0 N–H and O–H groups in total. The second kappa shape index (κ2) is 6.53. The Morgan fingerprint density at radius 3 is 2.40 bits per heavy atom. The van der Waals surface area contributed by atoms with Crippen molar-refractivity contribution >= 4 is 33.5 Å². The lowest BCUT2D eigenvalue weighted by Gasteiger charge is -2.11. The number of hydrogen-bond donors (Lipinski definition) is 0. The Balaban J connectivity index is 2.11. The van der Waals surface area contributed by atoms with Crippen LogP contribution in [0.4, 0.5) is 5.69 Å². The van der Waals surface area contributed by atoms with E-state index in [0.29, 0.717) is 5.56 Å². The highest BCUT2D eigenvalue weighted by Gasteiger charge is 2.02. The molecular weight excluding hydrogens is 314 g/mol. The van der Waals surface area contributed by atoms with Gasteiger partial charge in [0.15, 0.2) is 5.78 Å². The van der Waals surface area contributed by atoms with E-state index < -0.39 is 0 Å². The van der Waals surface area contributed by atoms with Gasteiger partial charge in [-0.05, 0) is 48.0 Å². The first-order valence-corrected chi connectivity index (χ1v) is 7.11. The van der Waals surface area contributed by atoms with Crippen LogP contribution in [0.5, 0.6) is 0 Å².